The predicted octanol–water partition coefficient (Wildman–Crippen LogP) is 2.28. The Bertz CT molecular complexity index is 263. The Kier molecular flexibility index (Phi) is 3.83. The number of pyridine rings is 1. The number of nitrogens with one attached hydrogen (secondary N) is 1. The van der Waals surface area contributed by atoms with Gasteiger partial charge >= 0.3 is 0 Å². The van der Waals surface area contributed by atoms with E-state index >= 15 is 0 Å². The number of nitrogens with zero attached hydrogens (tertiary/aromatic N) is 1. The molecule has 0 radical (unpaired) electrons. The van der Waals surface area contributed by atoms with Gasteiger partial charge in [-0.3, -0.25) is 4.98 Å². The molecule has 1 heterocycles. The summed E-state index contributed by atoms with van der Waals surface area (Å²) < 4.78 is 12.8. The molecule has 0 bridgehead atoms. The summed E-state index contributed by atoms with van der Waals surface area (Å²) in [6.07, 6.45) is 5.01. The van der Waals surface area contributed by atoms with E-state index in [-0.39, 0.29) is 11.9 Å². The highest BCUT2D eigenvalue weighted by molar-refractivity contribution is 5.14. The molecule has 0 saturated heterocycles. The largest absolute Gasteiger partial charge is 0.313 e. The second-order valence-electron chi connectivity index (χ2n) is 3.07. The minimum atomic E-state index is -0.270. The second kappa shape index (κ2) is 4.92. The molecule has 0 fully saturated rings. The van der Waals surface area contributed by atoms with Crippen LogP contribution in [0.15, 0.2) is 18.5 Å². The number of hydrogen-bond acceptors (Lipinski definition) is 2. The summed E-state index contributed by atoms with van der Waals surface area (Å²) in [5, 5.41) is 3.14. The molecule has 0 amide bonds. The summed E-state index contributed by atoms with van der Waals surface area (Å²) in [5.74, 6) is -0.270. The molecule has 0 aliphatic rings. The van der Waals surface area contributed by atoms with Crippen LogP contribution in [0.3, 0.4) is 0 Å². The third kappa shape index (κ3) is 2.77. The van der Waals surface area contributed by atoms with Gasteiger partial charge in [0.15, 0.2) is 0 Å². The summed E-state index contributed by atoms with van der Waals surface area (Å²) in [6, 6.07) is 1.75. The van der Waals surface area contributed by atoms with Crippen LogP contribution in [-0.4, -0.2) is 12.0 Å². The Morgan fingerprint density at radius 2 is 2.31 bits per heavy atom. The minimum Gasteiger partial charge on any atom is -0.313 e. The molecule has 0 aliphatic carbocycles. The average molecular weight is 182 g/mol. The van der Waals surface area contributed by atoms with Crippen LogP contribution >= 0.6 is 0 Å². The fourth-order valence-electron chi connectivity index (χ4n) is 1.39. The topological polar surface area (TPSA) is 24.9 Å². The van der Waals surface area contributed by atoms with Crippen LogP contribution in [0.25, 0.3) is 0 Å². The van der Waals surface area contributed by atoms with Gasteiger partial charge in [0.05, 0.1) is 6.20 Å². The Morgan fingerprint density at radius 1 is 1.54 bits per heavy atom. The zero-order valence-electron chi connectivity index (χ0n) is 8.05. The number of rotatable bonds is 4. The fraction of sp³-hybridized carbons (Fsp3) is 0.500. The lowest BCUT2D eigenvalue weighted by atomic mass is 10.0. The maximum absolute atomic E-state index is 12.8. The smallest absolute Gasteiger partial charge is 0.141 e. The van der Waals surface area contributed by atoms with Gasteiger partial charge in [-0.25, -0.2) is 4.39 Å². The molecule has 1 N–H and O–H groups in total. The van der Waals surface area contributed by atoms with E-state index < -0.39 is 0 Å². The van der Waals surface area contributed by atoms with Crippen molar-refractivity contribution in [3.63, 3.8) is 0 Å². The van der Waals surface area contributed by atoms with Crippen molar-refractivity contribution in [3.8, 4) is 0 Å². The van der Waals surface area contributed by atoms with Crippen molar-refractivity contribution in [3.05, 3.63) is 29.8 Å². The number of aromatic nitrogens is 1. The van der Waals surface area contributed by atoms with Crippen molar-refractivity contribution in [2.75, 3.05) is 7.05 Å². The number of halogens is 1. The van der Waals surface area contributed by atoms with Crippen LogP contribution in [0.1, 0.15) is 31.4 Å². The molecule has 0 spiro atoms. The first-order valence-electron chi connectivity index (χ1n) is 4.55. The highest BCUT2D eigenvalue weighted by Crippen LogP contribution is 2.17. The molecule has 3 heteroatoms. The van der Waals surface area contributed by atoms with Gasteiger partial charge in [-0.1, -0.05) is 13.3 Å². The third-order valence-electron chi connectivity index (χ3n) is 2.05. The van der Waals surface area contributed by atoms with E-state index in [1.165, 1.54) is 12.3 Å². The monoisotopic (exact) mass is 182 g/mol. The van der Waals surface area contributed by atoms with Crippen molar-refractivity contribution in [1.29, 1.82) is 0 Å². The molecule has 0 aliphatic heterocycles. The van der Waals surface area contributed by atoms with Crippen LogP contribution in [-0.2, 0) is 0 Å². The standard InChI is InChI=1S/C10H15FN2/c1-3-4-10(12-2)8-5-9(11)7-13-6-8/h5-7,10,12H,3-4H2,1-2H3. The van der Waals surface area contributed by atoms with Crippen LogP contribution in [0.2, 0.25) is 0 Å². The van der Waals surface area contributed by atoms with Crippen molar-refractivity contribution in [2.45, 2.75) is 25.8 Å². The first-order chi connectivity index (χ1) is 6.27. The summed E-state index contributed by atoms with van der Waals surface area (Å²) >= 11 is 0. The summed E-state index contributed by atoms with van der Waals surface area (Å²) in [6.45, 7) is 2.11. The quantitative estimate of drug-likeness (QED) is 0.772. The average Bonchev–Trinajstić information content (AvgIpc) is 2.14. The first-order valence-corrected chi connectivity index (χ1v) is 4.55. The lowest BCUT2D eigenvalue weighted by Gasteiger charge is -2.14. The van der Waals surface area contributed by atoms with Crippen LogP contribution in [0.4, 0.5) is 4.39 Å². The van der Waals surface area contributed by atoms with E-state index in [2.05, 4.69) is 17.2 Å². The van der Waals surface area contributed by atoms with E-state index in [1.807, 2.05) is 7.05 Å². The molecule has 1 atom stereocenters. The van der Waals surface area contributed by atoms with E-state index in [1.54, 1.807) is 6.20 Å². The van der Waals surface area contributed by atoms with Gasteiger partial charge < -0.3 is 5.32 Å². The van der Waals surface area contributed by atoms with Crippen molar-refractivity contribution in [1.82, 2.24) is 10.3 Å². The normalized spacial score (nSPS) is 12.8. The van der Waals surface area contributed by atoms with Gasteiger partial charge in [0.25, 0.3) is 0 Å². The molecule has 1 rings (SSSR count). The van der Waals surface area contributed by atoms with Crippen LogP contribution in [0, 0.1) is 5.82 Å². The zero-order valence-corrected chi connectivity index (χ0v) is 8.05. The SMILES string of the molecule is CCCC(NC)c1cncc(F)c1. The molecular formula is C10H15FN2. The van der Waals surface area contributed by atoms with Gasteiger partial charge in [-0.05, 0) is 25.1 Å². The highest BCUT2D eigenvalue weighted by atomic mass is 19.1. The molecule has 1 aromatic heterocycles. The summed E-state index contributed by atoms with van der Waals surface area (Å²) in [5.41, 5.74) is 0.921. The molecule has 0 saturated carbocycles. The summed E-state index contributed by atoms with van der Waals surface area (Å²) in [4.78, 5) is 3.82. The van der Waals surface area contributed by atoms with Gasteiger partial charge in [-0.2, -0.15) is 0 Å². The molecule has 13 heavy (non-hydrogen) atoms. The second-order valence-corrected chi connectivity index (χ2v) is 3.07. The first kappa shape index (κ1) is 10.1. The maximum Gasteiger partial charge on any atom is 0.141 e. The molecule has 0 aromatic carbocycles. The third-order valence-corrected chi connectivity index (χ3v) is 2.05. The van der Waals surface area contributed by atoms with E-state index in [0.717, 1.165) is 18.4 Å². The lowest BCUT2D eigenvalue weighted by Crippen LogP contribution is -2.16. The molecule has 1 unspecified atom stereocenters. The van der Waals surface area contributed by atoms with Crippen LogP contribution < -0.4 is 5.32 Å². The van der Waals surface area contributed by atoms with Gasteiger partial charge in [0, 0.05) is 12.2 Å². The lowest BCUT2D eigenvalue weighted by molar-refractivity contribution is 0.532. The Labute approximate surface area is 78.2 Å². The highest BCUT2D eigenvalue weighted by Gasteiger charge is 2.08. The molecule has 2 nitrogen and oxygen atoms in total. The van der Waals surface area contributed by atoms with Crippen molar-refractivity contribution >= 4 is 0 Å². The molecule has 72 valence electrons. The van der Waals surface area contributed by atoms with Gasteiger partial charge in [0.1, 0.15) is 5.82 Å². The predicted molar refractivity (Wildman–Crippen MR) is 50.9 cm³/mol. The van der Waals surface area contributed by atoms with E-state index in [4.69, 9.17) is 0 Å². The maximum atomic E-state index is 12.8. The minimum absolute atomic E-state index is 0.216. The van der Waals surface area contributed by atoms with Crippen molar-refractivity contribution < 1.29 is 4.39 Å². The van der Waals surface area contributed by atoms with E-state index in [0.29, 0.717) is 0 Å². The summed E-state index contributed by atoms with van der Waals surface area (Å²) in [7, 11) is 1.88. The Hall–Kier alpha value is -0.960. The number of hydrogen-bond donors (Lipinski definition) is 1. The van der Waals surface area contributed by atoms with Gasteiger partial charge in [0.2, 0.25) is 0 Å². The molecular weight excluding hydrogens is 167 g/mol. The Morgan fingerprint density at radius 3 is 2.85 bits per heavy atom. The van der Waals surface area contributed by atoms with Crippen molar-refractivity contribution in [2.24, 2.45) is 0 Å². The Balaban J connectivity index is 2.78. The molecule has 1 aromatic rings. The fourth-order valence-corrected chi connectivity index (χ4v) is 1.39. The zero-order chi connectivity index (χ0) is 9.68. The van der Waals surface area contributed by atoms with E-state index in [9.17, 15) is 4.39 Å². The van der Waals surface area contributed by atoms with Crippen LogP contribution in [0.5, 0.6) is 0 Å². The van der Waals surface area contributed by atoms with Gasteiger partial charge in [-0.15, -0.1) is 0 Å².